The third-order valence-electron chi connectivity index (χ3n) is 3.44. The third-order valence-corrected chi connectivity index (χ3v) is 5.49. The second-order valence-electron chi connectivity index (χ2n) is 4.57. The van der Waals surface area contributed by atoms with Crippen LogP contribution in [0.1, 0.15) is 25.7 Å². The minimum atomic E-state index is -3.25. The van der Waals surface area contributed by atoms with Crippen LogP contribution in [-0.2, 0) is 10.0 Å². The van der Waals surface area contributed by atoms with E-state index < -0.39 is 16.7 Å². The summed E-state index contributed by atoms with van der Waals surface area (Å²) in [7, 11) is -3.25. The Balaban J connectivity index is 2.12. The van der Waals surface area contributed by atoms with Crippen molar-refractivity contribution in [3.8, 4) is 0 Å². The number of rotatable bonds is 4. The number of hydrogen-bond acceptors (Lipinski definition) is 3. The molecule has 4 nitrogen and oxygen atoms in total. The molecule has 2 atom stereocenters. The molecular weight excluding hydrogens is 231 g/mol. The minimum Gasteiger partial charge on any atom is -0.315 e. The molecule has 6 heteroatoms. The van der Waals surface area contributed by atoms with Gasteiger partial charge < -0.3 is 5.32 Å². The highest BCUT2D eigenvalue weighted by molar-refractivity contribution is 7.89. The van der Waals surface area contributed by atoms with Gasteiger partial charge in [0.15, 0.2) is 0 Å². The highest BCUT2D eigenvalue weighted by Gasteiger charge is 2.41. The Morgan fingerprint density at radius 1 is 1.25 bits per heavy atom. The lowest BCUT2D eigenvalue weighted by atomic mass is 10.1. The average Bonchev–Trinajstić information content (AvgIpc) is 2.50. The van der Waals surface area contributed by atoms with Crippen LogP contribution in [0.15, 0.2) is 0 Å². The van der Waals surface area contributed by atoms with Gasteiger partial charge in [-0.2, -0.15) is 4.31 Å². The van der Waals surface area contributed by atoms with Gasteiger partial charge in [0.05, 0.1) is 12.4 Å². The summed E-state index contributed by atoms with van der Waals surface area (Å²) in [6.45, 7) is 1.07. The highest BCUT2D eigenvalue weighted by atomic mass is 32.2. The molecule has 0 amide bonds. The smallest absolute Gasteiger partial charge is 0.214 e. The summed E-state index contributed by atoms with van der Waals surface area (Å²) in [4.78, 5) is 0. The van der Waals surface area contributed by atoms with Gasteiger partial charge in [0.25, 0.3) is 0 Å². The first-order valence-corrected chi connectivity index (χ1v) is 7.54. The maximum atomic E-state index is 12.1. The molecule has 2 rings (SSSR count). The van der Waals surface area contributed by atoms with E-state index in [4.69, 9.17) is 0 Å². The molecule has 0 saturated carbocycles. The maximum absolute atomic E-state index is 12.1. The van der Waals surface area contributed by atoms with E-state index in [1.807, 2.05) is 0 Å². The summed E-state index contributed by atoms with van der Waals surface area (Å²) < 4.78 is 37.9. The van der Waals surface area contributed by atoms with Crippen LogP contribution in [0.4, 0.5) is 4.39 Å². The van der Waals surface area contributed by atoms with Crippen LogP contribution in [0.2, 0.25) is 0 Å². The molecule has 2 bridgehead atoms. The molecule has 2 aliphatic rings. The number of halogens is 1. The van der Waals surface area contributed by atoms with E-state index in [9.17, 15) is 12.8 Å². The van der Waals surface area contributed by atoms with Gasteiger partial charge in [-0.15, -0.1) is 0 Å². The van der Waals surface area contributed by atoms with Crippen LogP contribution in [0.5, 0.6) is 0 Å². The topological polar surface area (TPSA) is 49.4 Å². The van der Waals surface area contributed by atoms with Crippen molar-refractivity contribution in [1.29, 1.82) is 0 Å². The molecule has 2 unspecified atom stereocenters. The fourth-order valence-electron chi connectivity index (χ4n) is 2.73. The van der Waals surface area contributed by atoms with Gasteiger partial charge in [-0.3, -0.25) is 4.39 Å². The number of nitrogens with one attached hydrogen (secondary N) is 1. The first kappa shape index (κ1) is 12.3. The summed E-state index contributed by atoms with van der Waals surface area (Å²) in [5.41, 5.74) is 0. The predicted molar refractivity (Wildman–Crippen MR) is 60.5 cm³/mol. The largest absolute Gasteiger partial charge is 0.315 e. The van der Waals surface area contributed by atoms with Crippen molar-refractivity contribution in [3.05, 3.63) is 0 Å². The zero-order valence-corrected chi connectivity index (χ0v) is 10.2. The fraction of sp³-hybridized carbons (Fsp3) is 1.00. The van der Waals surface area contributed by atoms with E-state index in [0.717, 1.165) is 32.4 Å². The molecule has 1 N–H and O–H groups in total. The summed E-state index contributed by atoms with van der Waals surface area (Å²) in [5, 5.41) is 3.26. The van der Waals surface area contributed by atoms with Crippen LogP contribution in [0.3, 0.4) is 0 Å². The first-order chi connectivity index (χ1) is 7.65. The van der Waals surface area contributed by atoms with E-state index in [-0.39, 0.29) is 24.3 Å². The van der Waals surface area contributed by atoms with Crippen molar-refractivity contribution in [3.63, 3.8) is 0 Å². The van der Waals surface area contributed by atoms with Crippen LogP contribution >= 0.6 is 0 Å². The van der Waals surface area contributed by atoms with Crippen molar-refractivity contribution in [2.45, 2.75) is 37.8 Å². The van der Waals surface area contributed by atoms with Crippen LogP contribution in [0.25, 0.3) is 0 Å². The van der Waals surface area contributed by atoms with Crippen LogP contribution in [0, 0.1) is 0 Å². The summed E-state index contributed by atoms with van der Waals surface area (Å²) >= 11 is 0. The van der Waals surface area contributed by atoms with Crippen LogP contribution < -0.4 is 5.32 Å². The molecule has 0 aliphatic carbocycles. The zero-order valence-electron chi connectivity index (χ0n) is 9.36. The molecule has 0 spiro atoms. The molecule has 0 aromatic carbocycles. The Morgan fingerprint density at radius 2 is 2.00 bits per heavy atom. The molecule has 0 radical (unpaired) electrons. The average molecular weight is 250 g/mol. The Labute approximate surface area is 96.2 Å². The number of sulfonamides is 1. The summed E-state index contributed by atoms with van der Waals surface area (Å²) in [5.74, 6) is -0.0451. The quantitative estimate of drug-likeness (QED) is 0.790. The molecule has 0 aromatic rings. The van der Waals surface area contributed by atoms with Crippen molar-refractivity contribution in [2.75, 3.05) is 25.5 Å². The van der Waals surface area contributed by atoms with Crippen LogP contribution in [-0.4, -0.2) is 50.3 Å². The molecule has 2 aliphatic heterocycles. The maximum Gasteiger partial charge on any atom is 0.214 e. The summed E-state index contributed by atoms with van der Waals surface area (Å²) in [6, 6.07) is 0.238. The molecule has 2 saturated heterocycles. The van der Waals surface area contributed by atoms with E-state index in [1.165, 1.54) is 0 Å². The minimum absolute atomic E-state index is 0.0451. The third kappa shape index (κ3) is 2.38. The molecule has 94 valence electrons. The lowest BCUT2D eigenvalue weighted by Crippen LogP contribution is -2.43. The zero-order chi connectivity index (χ0) is 11.6. The standard InChI is InChI=1S/C10H19FN2O2S/c11-5-1-7-16(14,15)13-9-2-3-10(13)8-12-6-4-9/h9-10,12H,1-8H2. The first-order valence-electron chi connectivity index (χ1n) is 5.93. The van der Waals surface area contributed by atoms with E-state index in [0.29, 0.717) is 0 Å². The van der Waals surface area contributed by atoms with Crippen molar-refractivity contribution in [2.24, 2.45) is 0 Å². The second-order valence-corrected chi connectivity index (χ2v) is 6.56. The van der Waals surface area contributed by atoms with Gasteiger partial charge in [-0.25, -0.2) is 8.42 Å². The Hall–Kier alpha value is -0.200. The lowest BCUT2D eigenvalue weighted by Gasteiger charge is -2.26. The number of alkyl halides is 1. The van der Waals surface area contributed by atoms with Gasteiger partial charge in [-0.1, -0.05) is 0 Å². The Morgan fingerprint density at radius 3 is 2.75 bits per heavy atom. The van der Waals surface area contributed by atoms with Crippen molar-refractivity contribution in [1.82, 2.24) is 9.62 Å². The van der Waals surface area contributed by atoms with E-state index >= 15 is 0 Å². The fourth-order valence-corrected chi connectivity index (χ4v) is 4.72. The van der Waals surface area contributed by atoms with Gasteiger partial charge in [-0.05, 0) is 32.2 Å². The van der Waals surface area contributed by atoms with Gasteiger partial charge in [0.2, 0.25) is 10.0 Å². The summed E-state index contributed by atoms with van der Waals surface area (Å²) in [6.07, 6.45) is 2.89. The number of nitrogens with zero attached hydrogens (tertiary/aromatic N) is 1. The Bertz CT molecular complexity index is 320. The SMILES string of the molecule is O=S(=O)(CCCF)N1C2CCNCC1CC2. The lowest BCUT2D eigenvalue weighted by molar-refractivity contribution is 0.333. The molecule has 2 heterocycles. The Kier molecular flexibility index (Phi) is 3.81. The highest BCUT2D eigenvalue weighted by Crippen LogP contribution is 2.31. The monoisotopic (exact) mass is 250 g/mol. The van der Waals surface area contributed by atoms with Gasteiger partial charge in [0, 0.05) is 18.6 Å². The van der Waals surface area contributed by atoms with E-state index in [1.54, 1.807) is 4.31 Å². The second kappa shape index (κ2) is 4.98. The van der Waals surface area contributed by atoms with E-state index in [2.05, 4.69) is 5.32 Å². The van der Waals surface area contributed by atoms with Crippen molar-refractivity contribution >= 4 is 10.0 Å². The predicted octanol–water partition coefficient (Wildman–Crippen LogP) is 0.502. The van der Waals surface area contributed by atoms with Gasteiger partial charge >= 0.3 is 0 Å². The van der Waals surface area contributed by atoms with Crippen molar-refractivity contribution < 1.29 is 12.8 Å². The number of fused-ring (bicyclic) bond motifs is 2. The molecular formula is C10H19FN2O2S. The normalized spacial score (nSPS) is 31.6. The molecule has 2 fully saturated rings. The molecule has 0 aromatic heterocycles. The number of hydrogen-bond donors (Lipinski definition) is 1. The van der Waals surface area contributed by atoms with Gasteiger partial charge in [0.1, 0.15) is 0 Å². The molecule has 16 heavy (non-hydrogen) atoms.